The topological polar surface area (TPSA) is 21.3 Å². The van der Waals surface area contributed by atoms with Crippen LogP contribution in [0.25, 0.3) is 0 Å². The molecule has 0 saturated carbocycles. The Morgan fingerprint density at radius 2 is 2.20 bits per heavy atom. The van der Waals surface area contributed by atoms with Gasteiger partial charge in [0.2, 0.25) is 0 Å². The maximum absolute atomic E-state index is 5.36. The van der Waals surface area contributed by atoms with Crippen LogP contribution in [0.4, 0.5) is 0 Å². The molecule has 1 saturated heterocycles. The summed E-state index contributed by atoms with van der Waals surface area (Å²) in [7, 11) is 0. The monoisotopic (exact) mass is 139 g/mol. The summed E-state index contributed by atoms with van der Waals surface area (Å²) >= 11 is 0. The smallest absolute Gasteiger partial charge is 0.107 e. The Morgan fingerprint density at radius 1 is 1.50 bits per heavy atom. The number of terminal acetylenes is 1. The summed E-state index contributed by atoms with van der Waals surface area (Å²) in [5.41, 5.74) is 0. The number of piperidine rings is 1. The Kier molecular flexibility index (Phi) is 3.28. The van der Waals surface area contributed by atoms with E-state index in [2.05, 4.69) is 11.2 Å². The highest BCUT2D eigenvalue weighted by atomic mass is 16.5. The van der Waals surface area contributed by atoms with E-state index >= 15 is 0 Å². The zero-order valence-corrected chi connectivity index (χ0v) is 6.10. The van der Waals surface area contributed by atoms with Crippen LogP contribution >= 0.6 is 0 Å². The van der Waals surface area contributed by atoms with Gasteiger partial charge in [0.25, 0.3) is 0 Å². The summed E-state index contributed by atoms with van der Waals surface area (Å²) in [6, 6.07) is 0. The summed E-state index contributed by atoms with van der Waals surface area (Å²) < 4.78 is 5.36. The van der Waals surface area contributed by atoms with Gasteiger partial charge in [-0.3, -0.25) is 0 Å². The Labute approximate surface area is 62.0 Å². The van der Waals surface area contributed by atoms with E-state index in [1.54, 1.807) is 0 Å². The summed E-state index contributed by atoms with van der Waals surface area (Å²) in [5.74, 6) is 2.47. The normalized spacial score (nSPS) is 20.3. The van der Waals surface area contributed by atoms with E-state index in [-0.39, 0.29) is 0 Å². The average Bonchev–Trinajstić information content (AvgIpc) is 2.03. The molecule has 1 heterocycles. The summed E-state index contributed by atoms with van der Waals surface area (Å²) in [4.78, 5) is 0. The number of nitrogens with one attached hydrogen (secondary N) is 1. The predicted molar refractivity (Wildman–Crippen MR) is 40.7 cm³/mol. The molecule has 10 heavy (non-hydrogen) atoms. The Hall–Kier alpha value is -0.520. The maximum Gasteiger partial charge on any atom is 0.107 e. The van der Waals surface area contributed by atoms with Crippen molar-refractivity contribution < 1.29 is 4.74 Å². The van der Waals surface area contributed by atoms with Gasteiger partial charge in [-0.15, -0.1) is 6.42 Å². The van der Waals surface area contributed by atoms with Crippen molar-refractivity contribution in [3.63, 3.8) is 0 Å². The molecule has 2 heteroatoms. The molecule has 1 N–H and O–H groups in total. The third-order valence-electron chi connectivity index (χ3n) is 1.69. The second-order valence-electron chi connectivity index (χ2n) is 2.46. The molecule has 56 valence electrons. The lowest BCUT2D eigenvalue weighted by atomic mass is 10.1. The minimum atomic E-state index is 0.400. The largest absolute Gasteiger partial charge is 0.365 e. The fraction of sp³-hybridized carbons (Fsp3) is 0.750. The van der Waals surface area contributed by atoms with Gasteiger partial charge in [-0.1, -0.05) is 5.92 Å². The van der Waals surface area contributed by atoms with Gasteiger partial charge in [0.05, 0.1) is 6.10 Å². The zero-order valence-electron chi connectivity index (χ0n) is 6.10. The molecule has 0 radical (unpaired) electrons. The van der Waals surface area contributed by atoms with Crippen molar-refractivity contribution in [3.8, 4) is 12.3 Å². The van der Waals surface area contributed by atoms with Crippen molar-refractivity contribution in [2.75, 3.05) is 19.7 Å². The van der Waals surface area contributed by atoms with E-state index in [1.807, 2.05) is 0 Å². The number of hydrogen-bond acceptors (Lipinski definition) is 2. The molecule has 0 aromatic heterocycles. The molecule has 0 aromatic carbocycles. The molecular weight excluding hydrogens is 126 g/mol. The number of rotatable bonds is 2. The number of hydrogen-bond donors (Lipinski definition) is 1. The van der Waals surface area contributed by atoms with Gasteiger partial charge in [0.15, 0.2) is 0 Å². The lowest BCUT2D eigenvalue weighted by molar-refractivity contribution is 0.0548. The first-order chi connectivity index (χ1) is 4.93. The maximum atomic E-state index is 5.36. The van der Waals surface area contributed by atoms with Crippen LogP contribution < -0.4 is 5.32 Å². The average molecular weight is 139 g/mol. The summed E-state index contributed by atoms with van der Waals surface area (Å²) in [6.07, 6.45) is 7.65. The molecule has 0 aromatic rings. The van der Waals surface area contributed by atoms with Gasteiger partial charge in [0.1, 0.15) is 6.61 Å². The van der Waals surface area contributed by atoms with Crippen LogP contribution in [0.15, 0.2) is 0 Å². The van der Waals surface area contributed by atoms with Gasteiger partial charge < -0.3 is 10.1 Å². The Morgan fingerprint density at radius 3 is 2.80 bits per heavy atom. The van der Waals surface area contributed by atoms with Crippen LogP contribution in [0, 0.1) is 12.3 Å². The quantitative estimate of drug-likeness (QED) is 0.559. The van der Waals surface area contributed by atoms with Crippen molar-refractivity contribution in [2.24, 2.45) is 0 Å². The lowest BCUT2D eigenvalue weighted by Crippen LogP contribution is -2.32. The van der Waals surface area contributed by atoms with Crippen molar-refractivity contribution >= 4 is 0 Å². The Bertz CT molecular complexity index is 122. The van der Waals surface area contributed by atoms with Crippen molar-refractivity contribution in [1.29, 1.82) is 0 Å². The molecule has 0 amide bonds. The standard InChI is InChI=1S/C8H13NO/c1-2-7-10-8-3-5-9-6-4-8/h1,8-9H,3-7H2. The molecule has 0 aliphatic carbocycles. The molecule has 2 nitrogen and oxygen atoms in total. The van der Waals surface area contributed by atoms with E-state index in [1.165, 1.54) is 0 Å². The van der Waals surface area contributed by atoms with E-state index in [4.69, 9.17) is 11.2 Å². The van der Waals surface area contributed by atoms with Crippen LogP contribution in [0.3, 0.4) is 0 Å². The second-order valence-corrected chi connectivity index (χ2v) is 2.46. The van der Waals surface area contributed by atoms with Crippen LogP contribution in [0.2, 0.25) is 0 Å². The van der Waals surface area contributed by atoms with Crippen LogP contribution in [-0.4, -0.2) is 25.8 Å². The minimum absolute atomic E-state index is 0.400. The van der Waals surface area contributed by atoms with Gasteiger partial charge in [0, 0.05) is 0 Å². The SMILES string of the molecule is C#CCOC1CCNCC1. The second kappa shape index (κ2) is 4.32. The van der Waals surface area contributed by atoms with Crippen molar-refractivity contribution in [3.05, 3.63) is 0 Å². The first kappa shape index (κ1) is 7.59. The Balaban J connectivity index is 2.09. The minimum Gasteiger partial charge on any atom is -0.365 e. The summed E-state index contributed by atoms with van der Waals surface area (Å²) in [6.45, 7) is 2.59. The van der Waals surface area contributed by atoms with Crippen molar-refractivity contribution in [1.82, 2.24) is 5.32 Å². The molecular formula is C8H13NO. The predicted octanol–water partition coefficient (Wildman–Crippen LogP) is 0.388. The molecule has 0 atom stereocenters. The molecule has 1 rings (SSSR count). The molecule has 1 aliphatic rings. The van der Waals surface area contributed by atoms with E-state index in [0.717, 1.165) is 25.9 Å². The highest BCUT2D eigenvalue weighted by Crippen LogP contribution is 2.05. The highest BCUT2D eigenvalue weighted by molar-refractivity contribution is 4.84. The van der Waals surface area contributed by atoms with Gasteiger partial charge in [-0.2, -0.15) is 0 Å². The molecule has 1 aliphatic heterocycles. The molecule has 0 unspecified atom stereocenters. The van der Waals surface area contributed by atoms with Crippen LogP contribution in [0.5, 0.6) is 0 Å². The first-order valence-corrected chi connectivity index (χ1v) is 3.69. The third-order valence-corrected chi connectivity index (χ3v) is 1.69. The van der Waals surface area contributed by atoms with E-state index < -0.39 is 0 Å². The highest BCUT2D eigenvalue weighted by Gasteiger charge is 2.11. The zero-order chi connectivity index (χ0) is 7.23. The number of ether oxygens (including phenoxy) is 1. The molecule has 1 fully saturated rings. The molecule has 0 bridgehead atoms. The van der Waals surface area contributed by atoms with Gasteiger partial charge >= 0.3 is 0 Å². The van der Waals surface area contributed by atoms with Gasteiger partial charge in [-0.25, -0.2) is 0 Å². The van der Waals surface area contributed by atoms with Crippen molar-refractivity contribution in [2.45, 2.75) is 18.9 Å². The van der Waals surface area contributed by atoms with E-state index in [0.29, 0.717) is 12.7 Å². The molecule has 0 spiro atoms. The van der Waals surface area contributed by atoms with Crippen LogP contribution in [0.1, 0.15) is 12.8 Å². The fourth-order valence-electron chi connectivity index (χ4n) is 1.13. The first-order valence-electron chi connectivity index (χ1n) is 3.69. The third kappa shape index (κ3) is 2.38. The van der Waals surface area contributed by atoms with Crippen LogP contribution in [-0.2, 0) is 4.74 Å². The lowest BCUT2D eigenvalue weighted by Gasteiger charge is -2.21. The fourth-order valence-corrected chi connectivity index (χ4v) is 1.13. The summed E-state index contributed by atoms with van der Waals surface area (Å²) in [5, 5.41) is 3.26. The van der Waals surface area contributed by atoms with Gasteiger partial charge in [-0.05, 0) is 25.9 Å². The van der Waals surface area contributed by atoms with E-state index in [9.17, 15) is 0 Å².